The van der Waals surface area contributed by atoms with Gasteiger partial charge < -0.3 is 14.8 Å². The van der Waals surface area contributed by atoms with E-state index in [1.54, 1.807) is 61.7 Å². The maximum atomic E-state index is 11.7. The van der Waals surface area contributed by atoms with E-state index < -0.39 is 11.9 Å². The highest BCUT2D eigenvalue weighted by Crippen LogP contribution is 2.15. The second-order valence-electron chi connectivity index (χ2n) is 4.77. The van der Waals surface area contributed by atoms with E-state index in [9.17, 15) is 9.59 Å². The number of anilines is 1. The van der Waals surface area contributed by atoms with Crippen molar-refractivity contribution < 1.29 is 19.1 Å². The standard InChI is InChI=1S/C18H16ClNO4/c1-23-16-8-5-13(6-9-16)7-10-18(22)24-12-17(21)20-15-4-2-3-14(19)11-15/h2-11H,12H2,1H3,(H,20,21)/b10-7+. The topological polar surface area (TPSA) is 64.6 Å². The number of nitrogens with one attached hydrogen (secondary N) is 1. The maximum Gasteiger partial charge on any atom is 0.331 e. The fourth-order valence-corrected chi connectivity index (χ4v) is 2.02. The van der Waals surface area contributed by atoms with Gasteiger partial charge in [-0.05, 0) is 42.0 Å². The van der Waals surface area contributed by atoms with Crippen LogP contribution in [0.4, 0.5) is 5.69 Å². The summed E-state index contributed by atoms with van der Waals surface area (Å²) < 4.78 is 9.92. The molecule has 0 unspecified atom stereocenters. The number of carbonyl (C=O) groups is 2. The molecule has 0 heterocycles. The first-order chi connectivity index (χ1) is 11.6. The number of esters is 1. The van der Waals surface area contributed by atoms with Crippen LogP contribution in [0.15, 0.2) is 54.6 Å². The lowest BCUT2D eigenvalue weighted by molar-refractivity contribution is -0.142. The van der Waals surface area contributed by atoms with E-state index in [0.717, 1.165) is 11.3 Å². The van der Waals surface area contributed by atoms with E-state index in [0.29, 0.717) is 10.7 Å². The van der Waals surface area contributed by atoms with Crippen molar-refractivity contribution in [3.05, 3.63) is 65.2 Å². The fourth-order valence-electron chi connectivity index (χ4n) is 1.83. The van der Waals surface area contributed by atoms with Crippen LogP contribution in [0.1, 0.15) is 5.56 Å². The lowest BCUT2D eigenvalue weighted by Crippen LogP contribution is -2.20. The molecule has 0 bridgehead atoms. The molecule has 24 heavy (non-hydrogen) atoms. The number of hydrogen-bond acceptors (Lipinski definition) is 4. The summed E-state index contributed by atoms with van der Waals surface area (Å²) in [4.78, 5) is 23.3. The fraction of sp³-hybridized carbons (Fsp3) is 0.111. The van der Waals surface area contributed by atoms with E-state index in [-0.39, 0.29) is 6.61 Å². The Kier molecular flexibility index (Phi) is 6.40. The summed E-state index contributed by atoms with van der Waals surface area (Å²) in [7, 11) is 1.58. The molecule has 5 nitrogen and oxygen atoms in total. The number of rotatable bonds is 6. The van der Waals surface area contributed by atoms with Gasteiger partial charge >= 0.3 is 5.97 Å². The second-order valence-corrected chi connectivity index (χ2v) is 5.21. The van der Waals surface area contributed by atoms with Gasteiger partial charge in [0.25, 0.3) is 5.91 Å². The first-order valence-electron chi connectivity index (χ1n) is 7.11. The molecular weight excluding hydrogens is 330 g/mol. The van der Waals surface area contributed by atoms with Crippen LogP contribution >= 0.6 is 11.6 Å². The van der Waals surface area contributed by atoms with Crippen LogP contribution in [-0.4, -0.2) is 25.6 Å². The zero-order valence-electron chi connectivity index (χ0n) is 13.0. The summed E-state index contributed by atoms with van der Waals surface area (Å²) >= 11 is 5.82. The molecule has 0 aliphatic carbocycles. The van der Waals surface area contributed by atoms with Gasteiger partial charge in [-0.1, -0.05) is 29.8 Å². The quantitative estimate of drug-likeness (QED) is 0.642. The van der Waals surface area contributed by atoms with Crippen molar-refractivity contribution in [2.75, 3.05) is 19.0 Å². The third kappa shape index (κ3) is 5.78. The molecule has 1 N–H and O–H groups in total. The van der Waals surface area contributed by atoms with Crippen LogP contribution in [0.5, 0.6) is 5.75 Å². The Labute approximate surface area is 144 Å². The smallest absolute Gasteiger partial charge is 0.331 e. The van der Waals surface area contributed by atoms with Gasteiger partial charge in [0.05, 0.1) is 7.11 Å². The first-order valence-corrected chi connectivity index (χ1v) is 7.49. The van der Waals surface area contributed by atoms with Crippen LogP contribution in [0.3, 0.4) is 0 Å². The number of ether oxygens (including phenoxy) is 2. The van der Waals surface area contributed by atoms with Gasteiger partial charge in [-0.2, -0.15) is 0 Å². The molecule has 0 saturated heterocycles. The van der Waals surface area contributed by atoms with Gasteiger partial charge in [0.1, 0.15) is 5.75 Å². The van der Waals surface area contributed by atoms with E-state index in [1.165, 1.54) is 6.08 Å². The molecule has 0 atom stereocenters. The molecular formula is C18H16ClNO4. The van der Waals surface area contributed by atoms with Crippen LogP contribution in [0.25, 0.3) is 6.08 Å². The molecule has 0 aliphatic rings. The van der Waals surface area contributed by atoms with Crippen molar-refractivity contribution in [3.8, 4) is 5.75 Å². The minimum atomic E-state index is -0.605. The Morgan fingerprint density at radius 3 is 2.58 bits per heavy atom. The van der Waals surface area contributed by atoms with Crippen molar-refractivity contribution in [2.24, 2.45) is 0 Å². The molecule has 0 fully saturated rings. The highest BCUT2D eigenvalue weighted by molar-refractivity contribution is 6.30. The van der Waals surface area contributed by atoms with Gasteiger partial charge in [0.2, 0.25) is 0 Å². The van der Waals surface area contributed by atoms with E-state index in [2.05, 4.69) is 5.32 Å². The summed E-state index contributed by atoms with van der Waals surface area (Å²) in [6.07, 6.45) is 2.85. The highest BCUT2D eigenvalue weighted by atomic mass is 35.5. The second kappa shape index (κ2) is 8.74. The number of amides is 1. The summed E-state index contributed by atoms with van der Waals surface area (Å²) in [5.74, 6) is -0.317. The Balaban J connectivity index is 1.79. The van der Waals surface area contributed by atoms with Crippen LogP contribution in [0.2, 0.25) is 5.02 Å². The van der Waals surface area contributed by atoms with Crippen LogP contribution in [0, 0.1) is 0 Å². The molecule has 0 aromatic heterocycles. The molecule has 0 saturated carbocycles. The average Bonchev–Trinajstić information content (AvgIpc) is 2.58. The van der Waals surface area contributed by atoms with Gasteiger partial charge in [0, 0.05) is 16.8 Å². The molecule has 1 amide bonds. The zero-order valence-corrected chi connectivity index (χ0v) is 13.7. The van der Waals surface area contributed by atoms with Crippen molar-refractivity contribution in [3.63, 3.8) is 0 Å². The van der Waals surface area contributed by atoms with Gasteiger partial charge in [-0.15, -0.1) is 0 Å². The predicted molar refractivity (Wildman–Crippen MR) is 93.1 cm³/mol. The Hall–Kier alpha value is -2.79. The molecule has 2 rings (SSSR count). The summed E-state index contributed by atoms with van der Waals surface area (Å²) in [6, 6.07) is 13.9. The maximum absolute atomic E-state index is 11.7. The normalized spacial score (nSPS) is 10.4. The Morgan fingerprint density at radius 2 is 1.92 bits per heavy atom. The third-order valence-electron chi connectivity index (χ3n) is 2.98. The Bertz CT molecular complexity index is 741. The number of benzene rings is 2. The number of halogens is 1. The summed E-state index contributed by atoms with van der Waals surface area (Å²) in [6.45, 7) is -0.377. The lowest BCUT2D eigenvalue weighted by atomic mass is 10.2. The average molecular weight is 346 g/mol. The summed E-state index contributed by atoms with van der Waals surface area (Å²) in [5.41, 5.74) is 1.36. The highest BCUT2D eigenvalue weighted by Gasteiger charge is 2.06. The van der Waals surface area contributed by atoms with Gasteiger partial charge in [-0.3, -0.25) is 4.79 Å². The molecule has 124 valence electrons. The predicted octanol–water partition coefficient (Wildman–Crippen LogP) is 3.54. The monoisotopic (exact) mass is 345 g/mol. The van der Waals surface area contributed by atoms with Crippen molar-refractivity contribution in [2.45, 2.75) is 0 Å². The van der Waals surface area contributed by atoms with E-state index in [1.807, 2.05) is 0 Å². The van der Waals surface area contributed by atoms with Crippen LogP contribution < -0.4 is 10.1 Å². The number of methoxy groups -OCH3 is 1. The van der Waals surface area contributed by atoms with E-state index in [4.69, 9.17) is 21.1 Å². The largest absolute Gasteiger partial charge is 0.497 e. The van der Waals surface area contributed by atoms with Crippen molar-refractivity contribution in [1.82, 2.24) is 0 Å². The number of carbonyl (C=O) groups excluding carboxylic acids is 2. The molecule has 2 aromatic rings. The van der Waals surface area contributed by atoms with E-state index >= 15 is 0 Å². The molecule has 0 radical (unpaired) electrons. The Morgan fingerprint density at radius 1 is 1.17 bits per heavy atom. The lowest BCUT2D eigenvalue weighted by Gasteiger charge is -2.05. The summed E-state index contributed by atoms with van der Waals surface area (Å²) in [5, 5.41) is 3.09. The molecule has 0 spiro atoms. The van der Waals surface area contributed by atoms with Crippen molar-refractivity contribution in [1.29, 1.82) is 0 Å². The van der Waals surface area contributed by atoms with Crippen molar-refractivity contribution >= 4 is 35.2 Å². The van der Waals surface area contributed by atoms with Gasteiger partial charge in [0.15, 0.2) is 6.61 Å². The molecule has 2 aromatic carbocycles. The zero-order chi connectivity index (χ0) is 17.4. The minimum Gasteiger partial charge on any atom is -0.497 e. The SMILES string of the molecule is COc1ccc(/C=C/C(=O)OCC(=O)Nc2cccc(Cl)c2)cc1. The molecule has 0 aliphatic heterocycles. The van der Waals surface area contributed by atoms with Gasteiger partial charge in [-0.25, -0.2) is 4.79 Å². The molecule has 6 heteroatoms. The number of hydrogen-bond donors (Lipinski definition) is 1. The third-order valence-corrected chi connectivity index (χ3v) is 3.22. The first kappa shape index (κ1) is 17.6. The van der Waals surface area contributed by atoms with Crippen LogP contribution in [-0.2, 0) is 14.3 Å². The minimum absolute atomic E-state index is 0.377.